The number of amides is 1. The number of carbonyl (C=O) groups is 1. The van der Waals surface area contributed by atoms with E-state index in [9.17, 15) is 4.79 Å². The van der Waals surface area contributed by atoms with Crippen molar-refractivity contribution in [2.24, 2.45) is 5.73 Å². The fraction of sp³-hybridized carbons (Fsp3) is 0.857. The Morgan fingerprint density at radius 3 is 2.05 bits per heavy atom. The number of ether oxygens (including phenoxy) is 1. The van der Waals surface area contributed by atoms with Gasteiger partial charge in [-0.2, -0.15) is 0 Å². The molecule has 0 atom stereocenters. The summed E-state index contributed by atoms with van der Waals surface area (Å²) >= 11 is 5.20. The summed E-state index contributed by atoms with van der Waals surface area (Å²) in [5.74, 6) is 0. The first kappa shape index (κ1) is 16.2. The molecule has 4 nitrogen and oxygen atoms in total. The first-order valence-electron chi connectivity index (χ1n) is 7.06. The second-order valence-electron chi connectivity index (χ2n) is 6.34. The summed E-state index contributed by atoms with van der Waals surface area (Å²) in [5.41, 5.74) is 4.81. The van der Waals surface area contributed by atoms with Crippen LogP contribution < -0.4 is 11.1 Å². The van der Waals surface area contributed by atoms with Gasteiger partial charge in [-0.1, -0.05) is 44.3 Å². The van der Waals surface area contributed by atoms with Crippen LogP contribution in [0.15, 0.2) is 0 Å². The lowest BCUT2D eigenvalue weighted by atomic mass is 9.84. The Kier molecular flexibility index (Phi) is 5.59. The molecule has 1 fully saturated rings. The van der Waals surface area contributed by atoms with E-state index in [2.05, 4.69) is 5.32 Å². The zero-order valence-corrected chi connectivity index (χ0v) is 13.1. The van der Waals surface area contributed by atoms with E-state index in [1.165, 1.54) is 19.3 Å². The molecule has 110 valence electrons. The van der Waals surface area contributed by atoms with E-state index in [0.717, 1.165) is 25.7 Å². The van der Waals surface area contributed by atoms with Gasteiger partial charge in [0.05, 0.1) is 10.5 Å². The predicted octanol–water partition coefficient (Wildman–Crippen LogP) is 3.28. The maximum atomic E-state index is 12.0. The summed E-state index contributed by atoms with van der Waals surface area (Å²) in [6, 6.07) is 0. The largest absolute Gasteiger partial charge is 0.444 e. The highest BCUT2D eigenvalue weighted by Gasteiger charge is 2.36. The Bertz CT molecular complexity index is 329. The maximum Gasteiger partial charge on any atom is 0.408 e. The Balaban J connectivity index is 2.74. The Morgan fingerprint density at radius 2 is 1.63 bits per heavy atom. The molecule has 3 N–H and O–H groups in total. The summed E-state index contributed by atoms with van der Waals surface area (Å²) in [7, 11) is 0. The molecule has 0 radical (unpaired) electrons. The minimum atomic E-state index is -0.571. The van der Waals surface area contributed by atoms with Crippen LogP contribution in [0.2, 0.25) is 0 Å². The van der Waals surface area contributed by atoms with Crippen LogP contribution in [0.3, 0.4) is 0 Å². The number of hydrogen-bond donors (Lipinski definition) is 2. The van der Waals surface area contributed by atoms with E-state index in [0.29, 0.717) is 4.99 Å². The lowest BCUT2D eigenvalue weighted by Gasteiger charge is -2.36. The second kappa shape index (κ2) is 6.55. The van der Waals surface area contributed by atoms with Gasteiger partial charge in [-0.15, -0.1) is 0 Å². The Labute approximate surface area is 121 Å². The van der Waals surface area contributed by atoms with Crippen molar-refractivity contribution in [3.05, 3.63) is 0 Å². The van der Waals surface area contributed by atoms with Crippen LogP contribution in [0.5, 0.6) is 0 Å². The molecule has 0 saturated heterocycles. The first-order chi connectivity index (χ1) is 8.75. The molecule has 5 heteroatoms. The molecule has 1 saturated carbocycles. The minimum absolute atomic E-state index is 0.375. The number of alkyl carbamates (subject to hydrolysis) is 1. The molecule has 1 amide bonds. The molecule has 0 aromatic heterocycles. The fourth-order valence-electron chi connectivity index (χ4n) is 2.44. The van der Waals surface area contributed by atoms with Crippen molar-refractivity contribution in [1.29, 1.82) is 0 Å². The van der Waals surface area contributed by atoms with Gasteiger partial charge in [0, 0.05) is 0 Å². The number of rotatable bonds is 2. The molecule has 1 rings (SSSR count). The van der Waals surface area contributed by atoms with E-state index in [1.54, 1.807) is 0 Å². The molecule has 0 heterocycles. The number of hydrogen-bond acceptors (Lipinski definition) is 3. The molecule has 0 aromatic carbocycles. The van der Waals surface area contributed by atoms with Gasteiger partial charge in [0.2, 0.25) is 0 Å². The quantitative estimate of drug-likeness (QED) is 0.765. The number of nitrogens with one attached hydrogen (secondary N) is 1. The molecule has 0 bridgehead atoms. The van der Waals surface area contributed by atoms with Gasteiger partial charge in [0.15, 0.2) is 0 Å². The van der Waals surface area contributed by atoms with E-state index in [1.807, 2.05) is 20.8 Å². The van der Waals surface area contributed by atoms with Crippen LogP contribution in [0.25, 0.3) is 0 Å². The smallest absolute Gasteiger partial charge is 0.408 e. The van der Waals surface area contributed by atoms with Crippen LogP contribution in [0, 0.1) is 0 Å². The van der Waals surface area contributed by atoms with Crippen molar-refractivity contribution in [3.63, 3.8) is 0 Å². The van der Waals surface area contributed by atoms with E-state index in [-0.39, 0.29) is 0 Å². The van der Waals surface area contributed by atoms with Crippen LogP contribution in [-0.2, 0) is 4.74 Å². The first-order valence-corrected chi connectivity index (χ1v) is 7.47. The predicted molar refractivity (Wildman–Crippen MR) is 81.2 cm³/mol. The van der Waals surface area contributed by atoms with E-state index in [4.69, 9.17) is 22.7 Å². The van der Waals surface area contributed by atoms with Gasteiger partial charge >= 0.3 is 6.09 Å². The lowest BCUT2D eigenvalue weighted by Crippen LogP contribution is -2.57. The van der Waals surface area contributed by atoms with Gasteiger partial charge in [0.1, 0.15) is 5.60 Å². The third-order valence-electron chi connectivity index (χ3n) is 3.42. The normalized spacial score (nSPS) is 19.9. The zero-order chi connectivity index (χ0) is 14.5. The summed E-state index contributed by atoms with van der Waals surface area (Å²) in [6.07, 6.45) is 6.84. The molecule has 1 aliphatic carbocycles. The molecular formula is C14H26N2O2S. The summed E-state index contributed by atoms with van der Waals surface area (Å²) in [6.45, 7) is 5.54. The highest BCUT2D eigenvalue weighted by atomic mass is 32.1. The Morgan fingerprint density at radius 1 is 1.16 bits per heavy atom. The number of nitrogens with two attached hydrogens (primary N) is 1. The van der Waals surface area contributed by atoms with Crippen molar-refractivity contribution < 1.29 is 9.53 Å². The molecule has 0 aliphatic heterocycles. The maximum absolute atomic E-state index is 12.0. The second-order valence-corrected chi connectivity index (χ2v) is 6.78. The van der Waals surface area contributed by atoms with Crippen molar-refractivity contribution in [3.8, 4) is 0 Å². The van der Waals surface area contributed by atoms with Gasteiger partial charge in [0.25, 0.3) is 0 Å². The molecule has 1 aliphatic rings. The number of carbonyl (C=O) groups excluding carboxylic acids is 1. The fourth-order valence-corrected chi connectivity index (χ4v) is 2.70. The highest BCUT2D eigenvalue weighted by molar-refractivity contribution is 7.80. The molecule has 0 unspecified atom stereocenters. The topological polar surface area (TPSA) is 64.3 Å². The van der Waals surface area contributed by atoms with Crippen LogP contribution >= 0.6 is 12.2 Å². The van der Waals surface area contributed by atoms with Crippen molar-refractivity contribution >= 4 is 23.3 Å². The summed E-state index contributed by atoms with van der Waals surface area (Å²) in [4.78, 5) is 12.4. The van der Waals surface area contributed by atoms with Gasteiger partial charge in [-0.05, 0) is 33.6 Å². The summed E-state index contributed by atoms with van der Waals surface area (Å²) in [5, 5.41) is 2.93. The van der Waals surface area contributed by atoms with Crippen molar-refractivity contribution in [2.45, 2.75) is 76.9 Å². The SMILES string of the molecule is CC(C)(C)OC(=O)NC1(C(N)=S)CCCCCCC1. The van der Waals surface area contributed by atoms with Crippen LogP contribution in [0.1, 0.15) is 65.7 Å². The third-order valence-corrected chi connectivity index (χ3v) is 3.81. The zero-order valence-electron chi connectivity index (χ0n) is 12.3. The highest BCUT2D eigenvalue weighted by Crippen LogP contribution is 2.27. The molecular weight excluding hydrogens is 260 g/mol. The lowest BCUT2D eigenvalue weighted by molar-refractivity contribution is 0.0474. The van der Waals surface area contributed by atoms with Crippen LogP contribution in [0.4, 0.5) is 4.79 Å². The van der Waals surface area contributed by atoms with Gasteiger partial charge in [-0.3, -0.25) is 0 Å². The number of thiocarbonyl (C=S) groups is 1. The monoisotopic (exact) mass is 286 g/mol. The van der Waals surface area contributed by atoms with Crippen molar-refractivity contribution in [1.82, 2.24) is 5.32 Å². The van der Waals surface area contributed by atoms with Crippen LogP contribution in [-0.4, -0.2) is 22.2 Å². The summed E-state index contributed by atoms with van der Waals surface area (Å²) < 4.78 is 5.32. The van der Waals surface area contributed by atoms with Crippen molar-refractivity contribution in [2.75, 3.05) is 0 Å². The molecule has 19 heavy (non-hydrogen) atoms. The average Bonchev–Trinajstić information content (AvgIpc) is 2.18. The van der Waals surface area contributed by atoms with Gasteiger partial charge in [-0.25, -0.2) is 4.79 Å². The standard InChI is InChI=1S/C14H26N2O2S/c1-13(2,3)18-12(17)16-14(11(15)19)9-7-5-4-6-8-10-14/h4-10H2,1-3H3,(H2,15,19)(H,16,17). The average molecular weight is 286 g/mol. The minimum Gasteiger partial charge on any atom is -0.444 e. The third kappa shape index (κ3) is 5.35. The van der Waals surface area contributed by atoms with E-state index < -0.39 is 17.2 Å². The van der Waals surface area contributed by atoms with E-state index >= 15 is 0 Å². The molecule has 0 spiro atoms. The molecule has 0 aromatic rings. The van der Waals surface area contributed by atoms with Gasteiger partial charge < -0.3 is 15.8 Å². The Hall–Kier alpha value is -0.840.